The standard InChI is InChI=1S/C24H26N4O4S2/c1-24(2,3)20-14-32-21(27-20)10-11-25-22(29)28-23-26-18-9-8-16(13-19(18)33-23)15-6-5-7-17(12-15)34(4,30)31/h5-9,12-14H,10-11H2,1-4H3,(H2,25,26,28,29). The van der Waals surface area contributed by atoms with Crippen LogP contribution in [0.5, 0.6) is 0 Å². The number of amides is 2. The van der Waals surface area contributed by atoms with Gasteiger partial charge in [-0.1, -0.05) is 50.3 Å². The minimum absolute atomic E-state index is 0.0875. The van der Waals surface area contributed by atoms with Gasteiger partial charge in [-0.2, -0.15) is 0 Å². The Bertz CT molecular complexity index is 1450. The van der Waals surface area contributed by atoms with Gasteiger partial charge < -0.3 is 9.73 Å². The molecule has 34 heavy (non-hydrogen) atoms. The van der Waals surface area contributed by atoms with E-state index < -0.39 is 9.84 Å². The first-order chi connectivity index (χ1) is 16.0. The highest BCUT2D eigenvalue weighted by Gasteiger charge is 2.18. The topological polar surface area (TPSA) is 114 Å². The average Bonchev–Trinajstić information content (AvgIpc) is 3.39. The van der Waals surface area contributed by atoms with E-state index in [1.807, 2.05) is 24.3 Å². The minimum Gasteiger partial charge on any atom is -0.449 e. The van der Waals surface area contributed by atoms with Crippen molar-refractivity contribution in [3.05, 3.63) is 60.3 Å². The summed E-state index contributed by atoms with van der Waals surface area (Å²) in [6.07, 6.45) is 3.33. The molecule has 2 aromatic carbocycles. The second-order valence-electron chi connectivity index (χ2n) is 9.01. The molecule has 2 amide bonds. The summed E-state index contributed by atoms with van der Waals surface area (Å²) in [5.74, 6) is 0.581. The van der Waals surface area contributed by atoms with E-state index in [0.717, 1.165) is 27.0 Å². The zero-order chi connectivity index (χ0) is 24.5. The highest BCUT2D eigenvalue weighted by Crippen LogP contribution is 2.31. The van der Waals surface area contributed by atoms with Crippen molar-refractivity contribution in [2.24, 2.45) is 0 Å². The summed E-state index contributed by atoms with van der Waals surface area (Å²) in [5, 5.41) is 6.02. The highest BCUT2D eigenvalue weighted by atomic mass is 32.2. The fourth-order valence-corrected chi connectivity index (χ4v) is 4.83. The number of sulfone groups is 1. The lowest BCUT2D eigenvalue weighted by Crippen LogP contribution is -2.30. The van der Waals surface area contributed by atoms with E-state index in [1.165, 1.54) is 17.6 Å². The number of benzene rings is 2. The molecule has 4 rings (SSSR count). The Morgan fingerprint density at radius 2 is 1.85 bits per heavy atom. The molecule has 0 unspecified atom stereocenters. The molecule has 2 aromatic heterocycles. The van der Waals surface area contributed by atoms with Gasteiger partial charge in [0.25, 0.3) is 0 Å². The molecule has 0 fully saturated rings. The van der Waals surface area contributed by atoms with Gasteiger partial charge >= 0.3 is 6.03 Å². The molecular formula is C24H26N4O4S2. The van der Waals surface area contributed by atoms with Gasteiger partial charge in [-0.3, -0.25) is 5.32 Å². The van der Waals surface area contributed by atoms with E-state index in [-0.39, 0.29) is 16.3 Å². The number of carbonyl (C=O) groups is 1. The van der Waals surface area contributed by atoms with Crippen LogP contribution in [0.2, 0.25) is 0 Å². The maximum Gasteiger partial charge on any atom is 0.321 e. The van der Waals surface area contributed by atoms with Crippen molar-refractivity contribution in [3.8, 4) is 11.1 Å². The Labute approximate surface area is 202 Å². The largest absolute Gasteiger partial charge is 0.449 e. The molecule has 178 valence electrons. The van der Waals surface area contributed by atoms with Crippen LogP contribution >= 0.6 is 11.3 Å². The number of nitrogens with one attached hydrogen (secondary N) is 2. The highest BCUT2D eigenvalue weighted by molar-refractivity contribution is 7.90. The van der Waals surface area contributed by atoms with Crippen LogP contribution in [-0.2, 0) is 21.7 Å². The van der Waals surface area contributed by atoms with E-state index in [1.54, 1.807) is 24.5 Å². The molecule has 0 saturated carbocycles. The fraction of sp³-hybridized carbons (Fsp3) is 0.292. The Balaban J connectivity index is 1.39. The number of fused-ring (bicyclic) bond motifs is 1. The number of hydrogen-bond acceptors (Lipinski definition) is 7. The number of anilines is 1. The van der Waals surface area contributed by atoms with E-state index in [9.17, 15) is 13.2 Å². The van der Waals surface area contributed by atoms with E-state index >= 15 is 0 Å². The summed E-state index contributed by atoms with van der Waals surface area (Å²) < 4.78 is 30.1. The lowest BCUT2D eigenvalue weighted by molar-refractivity contribution is 0.252. The number of rotatable bonds is 6. The summed E-state index contributed by atoms with van der Waals surface area (Å²) in [6.45, 7) is 6.57. The predicted octanol–water partition coefficient (Wildman–Crippen LogP) is 5.02. The first kappa shape index (κ1) is 23.9. The summed E-state index contributed by atoms with van der Waals surface area (Å²) in [6, 6.07) is 12.1. The molecular weight excluding hydrogens is 472 g/mol. The summed E-state index contributed by atoms with van der Waals surface area (Å²) >= 11 is 1.35. The molecule has 0 atom stereocenters. The number of thiazole rings is 1. The van der Waals surface area contributed by atoms with Crippen LogP contribution in [0.4, 0.5) is 9.93 Å². The Kier molecular flexibility index (Phi) is 6.46. The maximum atomic E-state index is 12.3. The second-order valence-corrected chi connectivity index (χ2v) is 12.1. The van der Waals surface area contributed by atoms with Gasteiger partial charge in [0.15, 0.2) is 20.9 Å². The van der Waals surface area contributed by atoms with Crippen molar-refractivity contribution in [2.75, 3.05) is 18.1 Å². The molecule has 2 N–H and O–H groups in total. The monoisotopic (exact) mass is 498 g/mol. The zero-order valence-corrected chi connectivity index (χ0v) is 21.0. The third-order valence-electron chi connectivity index (χ3n) is 5.15. The predicted molar refractivity (Wildman–Crippen MR) is 134 cm³/mol. The van der Waals surface area contributed by atoms with Crippen LogP contribution in [0, 0.1) is 0 Å². The maximum absolute atomic E-state index is 12.3. The number of carbonyl (C=O) groups excluding carboxylic acids is 1. The Morgan fingerprint density at radius 1 is 1.09 bits per heavy atom. The van der Waals surface area contributed by atoms with Gasteiger partial charge in [0, 0.05) is 24.6 Å². The van der Waals surface area contributed by atoms with Crippen LogP contribution < -0.4 is 10.6 Å². The van der Waals surface area contributed by atoms with Crippen molar-refractivity contribution in [1.29, 1.82) is 0 Å². The normalized spacial score (nSPS) is 12.1. The van der Waals surface area contributed by atoms with Gasteiger partial charge in [-0.05, 0) is 35.4 Å². The SMILES string of the molecule is CC(C)(C)c1coc(CCNC(=O)Nc2nc3ccc(-c4cccc(S(C)(=O)=O)c4)cc3s2)n1. The molecule has 0 aliphatic heterocycles. The van der Waals surface area contributed by atoms with Crippen LogP contribution in [0.3, 0.4) is 0 Å². The number of nitrogens with zero attached hydrogens (tertiary/aromatic N) is 2. The Hall–Kier alpha value is -3.24. The fourth-order valence-electron chi connectivity index (χ4n) is 3.26. The van der Waals surface area contributed by atoms with E-state index in [2.05, 4.69) is 41.4 Å². The van der Waals surface area contributed by atoms with Crippen LogP contribution in [0.15, 0.2) is 58.0 Å². The lowest BCUT2D eigenvalue weighted by atomic mass is 9.93. The first-order valence-corrected chi connectivity index (χ1v) is 13.4. The second kappa shape index (κ2) is 9.19. The van der Waals surface area contributed by atoms with E-state index in [4.69, 9.17) is 4.42 Å². The van der Waals surface area contributed by atoms with Gasteiger partial charge in [0.05, 0.1) is 20.8 Å². The number of urea groups is 1. The molecule has 0 bridgehead atoms. The summed E-state index contributed by atoms with van der Waals surface area (Å²) in [7, 11) is -3.29. The molecule has 2 heterocycles. The van der Waals surface area contributed by atoms with Gasteiger partial charge in [-0.15, -0.1) is 0 Å². The summed E-state index contributed by atoms with van der Waals surface area (Å²) in [4.78, 5) is 21.5. The zero-order valence-electron chi connectivity index (χ0n) is 19.4. The third kappa shape index (κ3) is 5.63. The molecule has 8 nitrogen and oxygen atoms in total. The molecule has 4 aromatic rings. The van der Waals surface area contributed by atoms with Crippen molar-refractivity contribution in [2.45, 2.75) is 37.5 Å². The Morgan fingerprint density at radius 3 is 2.56 bits per heavy atom. The van der Waals surface area contributed by atoms with Gasteiger partial charge in [-0.25, -0.2) is 23.2 Å². The minimum atomic E-state index is -3.29. The molecule has 0 saturated heterocycles. The van der Waals surface area contributed by atoms with Crippen molar-refractivity contribution >= 4 is 42.6 Å². The number of hydrogen-bond donors (Lipinski definition) is 2. The first-order valence-electron chi connectivity index (χ1n) is 10.7. The summed E-state index contributed by atoms with van der Waals surface area (Å²) in [5.41, 5.74) is 3.21. The molecule has 0 radical (unpaired) electrons. The number of oxazole rings is 1. The van der Waals surface area contributed by atoms with Crippen molar-refractivity contribution in [1.82, 2.24) is 15.3 Å². The molecule has 10 heteroatoms. The van der Waals surface area contributed by atoms with E-state index in [0.29, 0.717) is 24.0 Å². The van der Waals surface area contributed by atoms with Gasteiger partial charge in [0.2, 0.25) is 0 Å². The molecule has 0 aliphatic rings. The third-order valence-corrected chi connectivity index (χ3v) is 7.19. The molecule has 0 spiro atoms. The van der Waals surface area contributed by atoms with Crippen molar-refractivity contribution in [3.63, 3.8) is 0 Å². The average molecular weight is 499 g/mol. The van der Waals surface area contributed by atoms with Crippen LogP contribution in [-0.4, -0.2) is 37.2 Å². The molecule has 0 aliphatic carbocycles. The van der Waals surface area contributed by atoms with Crippen LogP contribution in [0.1, 0.15) is 32.4 Å². The smallest absolute Gasteiger partial charge is 0.321 e. The lowest BCUT2D eigenvalue weighted by Gasteiger charge is -2.12. The van der Waals surface area contributed by atoms with Crippen LogP contribution in [0.25, 0.3) is 21.3 Å². The number of aromatic nitrogens is 2. The quantitative estimate of drug-likeness (QED) is 0.386. The van der Waals surface area contributed by atoms with Gasteiger partial charge in [0.1, 0.15) is 6.26 Å². The van der Waals surface area contributed by atoms with Crippen molar-refractivity contribution < 1.29 is 17.6 Å².